The van der Waals surface area contributed by atoms with Crippen LogP contribution in [-0.2, 0) is 16.6 Å². The molecule has 35 heavy (non-hydrogen) atoms. The third-order valence-corrected chi connectivity index (χ3v) is 7.87. The number of piperidine rings is 1. The molecule has 6 nitrogen and oxygen atoms in total. The molecule has 0 radical (unpaired) electrons. The largest absolute Gasteiger partial charge is 0.481 e. The SMILES string of the molecule is Cc1noc(C2CCN(c3ccc(C4(C(=O)O)CC4)cc3)CC2)c1C(O)CCCc1ccccc1. The molecule has 2 heterocycles. The number of carbonyl (C=O) groups is 1. The number of aliphatic carboxylic acids is 1. The second-order valence-corrected chi connectivity index (χ2v) is 10.1. The number of anilines is 1. The van der Waals surface area contributed by atoms with Crippen LogP contribution in [0.3, 0.4) is 0 Å². The average molecular weight is 475 g/mol. The molecule has 1 atom stereocenters. The summed E-state index contributed by atoms with van der Waals surface area (Å²) in [4.78, 5) is 13.9. The van der Waals surface area contributed by atoms with Crippen LogP contribution in [0, 0.1) is 6.92 Å². The van der Waals surface area contributed by atoms with E-state index < -0.39 is 17.5 Å². The van der Waals surface area contributed by atoms with Crippen LogP contribution in [0.5, 0.6) is 0 Å². The van der Waals surface area contributed by atoms with Crippen molar-refractivity contribution in [1.29, 1.82) is 0 Å². The van der Waals surface area contributed by atoms with Crippen LogP contribution in [0.25, 0.3) is 0 Å². The van der Waals surface area contributed by atoms with E-state index in [2.05, 4.69) is 34.3 Å². The van der Waals surface area contributed by atoms with Crippen molar-refractivity contribution in [1.82, 2.24) is 5.16 Å². The van der Waals surface area contributed by atoms with Gasteiger partial charge in [-0.15, -0.1) is 0 Å². The van der Waals surface area contributed by atoms with E-state index in [-0.39, 0.29) is 5.92 Å². The number of rotatable bonds is 9. The summed E-state index contributed by atoms with van der Waals surface area (Å²) in [6.45, 7) is 3.69. The van der Waals surface area contributed by atoms with Crippen molar-refractivity contribution in [2.45, 2.75) is 69.3 Å². The first-order chi connectivity index (χ1) is 17.0. The standard InChI is InChI=1S/C29H34N2O4/c1-20-26(25(32)9-5-8-21-6-3-2-4-7-21)27(35-30-20)22-14-18-31(19-15-22)24-12-10-23(11-13-24)29(16-17-29)28(33)34/h2-4,6-7,10-13,22,25,32H,5,8-9,14-19H2,1H3,(H,33,34). The highest BCUT2D eigenvalue weighted by atomic mass is 16.5. The highest BCUT2D eigenvalue weighted by Gasteiger charge is 2.51. The summed E-state index contributed by atoms with van der Waals surface area (Å²) in [7, 11) is 0. The Bertz CT molecular complexity index is 1140. The third kappa shape index (κ3) is 4.85. The first-order valence-corrected chi connectivity index (χ1v) is 12.7. The Hall–Kier alpha value is -3.12. The number of aliphatic hydroxyl groups is 1. The number of hydrogen-bond donors (Lipinski definition) is 2. The van der Waals surface area contributed by atoms with Gasteiger partial charge < -0.3 is 19.6 Å². The fraction of sp³-hybridized carbons (Fsp3) is 0.448. The van der Waals surface area contributed by atoms with E-state index in [0.29, 0.717) is 6.42 Å². The van der Waals surface area contributed by atoms with Gasteiger partial charge in [0.1, 0.15) is 5.76 Å². The molecular weight excluding hydrogens is 440 g/mol. The van der Waals surface area contributed by atoms with Crippen molar-refractivity contribution in [2.24, 2.45) is 0 Å². The summed E-state index contributed by atoms with van der Waals surface area (Å²) in [6.07, 6.45) is 5.30. The highest BCUT2D eigenvalue weighted by molar-refractivity contribution is 5.85. The van der Waals surface area contributed by atoms with Gasteiger partial charge in [-0.25, -0.2) is 0 Å². The van der Waals surface area contributed by atoms with Gasteiger partial charge in [-0.3, -0.25) is 4.79 Å². The van der Waals surface area contributed by atoms with Crippen molar-refractivity contribution < 1.29 is 19.5 Å². The van der Waals surface area contributed by atoms with Gasteiger partial charge in [0, 0.05) is 30.3 Å². The van der Waals surface area contributed by atoms with Crippen LogP contribution < -0.4 is 4.90 Å². The van der Waals surface area contributed by atoms with Crippen LogP contribution >= 0.6 is 0 Å². The number of aliphatic hydroxyl groups excluding tert-OH is 1. The molecule has 0 spiro atoms. The fourth-order valence-corrected chi connectivity index (χ4v) is 5.52. The van der Waals surface area contributed by atoms with E-state index in [1.165, 1.54) is 5.56 Å². The number of nitrogens with zero attached hydrogens (tertiary/aromatic N) is 2. The van der Waals surface area contributed by atoms with E-state index in [1.807, 2.05) is 37.3 Å². The maximum absolute atomic E-state index is 11.6. The zero-order chi connectivity index (χ0) is 24.4. The molecule has 1 aliphatic carbocycles. The predicted octanol–water partition coefficient (Wildman–Crippen LogP) is 5.54. The lowest BCUT2D eigenvalue weighted by molar-refractivity contribution is -0.140. The summed E-state index contributed by atoms with van der Waals surface area (Å²) in [5.74, 6) is 0.376. The fourth-order valence-electron chi connectivity index (χ4n) is 5.52. The smallest absolute Gasteiger partial charge is 0.314 e. The van der Waals surface area contributed by atoms with Crippen molar-refractivity contribution in [2.75, 3.05) is 18.0 Å². The summed E-state index contributed by atoms with van der Waals surface area (Å²) < 4.78 is 5.76. The number of aromatic nitrogens is 1. The number of aryl methyl sites for hydroxylation is 2. The quantitative estimate of drug-likeness (QED) is 0.423. The molecular formula is C29H34N2O4. The van der Waals surface area contributed by atoms with Crippen LogP contribution in [0.15, 0.2) is 59.1 Å². The molecule has 184 valence electrons. The van der Waals surface area contributed by atoms with Gasteiger partial charge >= 0.3 is 5.97 Å². The first kappa shape index (κ1) is 23.6. The lowest BCUT2D eigenvalue weighted by Crippen LogP contribution is -2.33. The molecule has 5 rings (SSSR count). The average Bonchev–Trinajstić information content (AvgIpc) is 3.61. The second-order valence-electron chi connectivity index (χ2n) is 10.1. The molecule has 6 heteroatoms. The van der Waals surface area contributed by atoms with Crippen molar-refractivity contribution >= 4 is 11.7 Å². The molecule has 1 aliphatic heterocycles. The van der Waals surface area contributed by atoms with Crippen molar-refractivity contribution in [3.05, 3.63) is 82.7 Å². The van der Waals surface area contributed by atoms with Crippen LogP contribution in [-0.4, -0.2) is 34.4 Å². The molecule has 2 fully saturated rings. The maximum atomic E-state index is 11.6. The minimum absolute atomic E-state index is 0.243. The molecule has 3 aromatic rings. The topological polar surface area (TPSA) is 86.8 Å². The minimum Gasteiger partial charge on any atom is -0.481 e. The molecule has 1 saturated carbocycles. The normalized spacial score (nSPS) is 18.4. The molecule has 1 unspecified atom stereocenters. The van der Waals surface area contributed by atoms with Gasteiger partial charge in [-0.1, -0.05) is 47.6 Å². The van der Waals surface area contributed by atoms with Crippen molar-refractivity contribution in [3.63, 3.8) is 0 Å². The Kier molecular flexibility index (Phi) is 6.65. The molecule has 2 aliphatic rings. The van der Waals surface area contributed by atoms with E-state index in [0.717, 1.165) is 79.9 Å². The minimum atomic E-state index is -0.716. The van der Waals surface area contributed by atoms with Crippen molar-refractivity contribution in [3.8, 4) is 0 Å². The van der Waals surface area contributed by atoms with E-state index in [9.17, 15) is 15.0 Å². The highest BCUT2D eigenvalue weighted by Crippen LogP contribution is 2.48. The lowest BCUT2D eigenvalue weighted by atomic mass is 9.88. The number of benzene rings is 2. The maximum Gasteiger partial charge on any atom is 0.314 e. The van der Waals surface area contributed by atoms with Crippen LogP contribution in [0.4, 0.5) is 5.69 Å². The Labute approximate surface area is 206 Å². The monoisotopic (exact) mass is 474 g/mol. The lowest BCUT2D eigenvalue weighted by Gasteiger charge is -2.33. The Morgan fingerprint density at radius 1 is 1.11 bits per heavy atom. The third-order valence-electron chi connectivity index (χ3n) is 7.87. The van der Waals surface area contributed by atoms with E-state index >= 15 is 0 Å². The van der Waals surface area contributed by atoms with E-state index in [4.69, 9.17) is 4.52 Å². The molecule has 0 bridgehead atoms. The predicted molar refractivity (Wildman–Crippen MR) is 135 cm³/mol. The van der Waals surface area contributed by atoms with Gasteiger partial charge in [0.2, 0.25) is 0 Å². The summed E-state index contributed by atoms with van der Waals surface area (Å²) in [6, 6.07) is 18.4. The van der Waals surface area contributed by atoms with Gasteiger partial charge in [0.15, 0.2) is 0 Å². The molecule has 1 saturated heterocycles. The molecule has 1 aromatic heterocycles. The van der Waals surface area contributed by atoms with Gasteiger partial charge in [0.25, 0.3) is 0 Å². The molecule has 0 amide bonds. The summed E-state index contributed by atoms with van der Waals surface area (Å²) in [5.41, 5.74) is 4.34. The zero-order valence-electron chi connectivity index (χ0n) is 20.3. The molecule has 2 N–H and O–H groups in total. The first-order valence-electron chi connectivity index (χ1n) is 12.7. The van der Waals surface area contributed by atoms with Gasteiger partial charge in [0.05, 0.1) is 17.2 Å². The number of hydrogen-bond acceptors (Lipinski definition) is 5. The van der Waals surface area contributed by atoms with Gasteiger partial charge in [-0.2, -0.15) is 0 Å². The molecule has 2 aromatic carbocycles. The second kappa shape index (κ2) is 9.86. The van der Waals surface area contributed by atoms with Crippen LogP contribution in [0.1, 0.15) is 78.7 Å². The van der Waals surface area contributed by atoms with E-state index in [1.54, 1.807) is 0 Å². The number of carboxylic acid groups (broad SMARTS) is 1. The number of carboxylic acids is 1. The summed E-state index contributed by atoms with van der Waals surface area (Å²) in [5, 5.41) is 24.7. The van der Waals surface area contributed by atoms with Crippen LogP contribution in [0.2, 0.25) is 0 Å². The Balaban J connectivity index is 1.19. The Morgan fingerprint density at radius 3 is 2.43 bits per heavy atom. The Morgan fingerprint density at radius 2 is 1.80 bits per heavy atom. The zero-order valence-corrected chi connectivity index (χ0v) is 20.3. The summed E-state index contributed by atoms with van der Waals surface area (Å²) >= 11 is 0. The van der Waals surface area contributed by atoms with Gasteiger partial charge in [-0.05, 0) is 75.1 Å².